The minimum atomic E-state index is 0.579. The van der Waals surface area contributed by atoms with E-state index >= 15 is 0 Å². The largest absolute Gasteiger partial charge is 0.492 e. The van der Waals surface area contributed by atoms with Crippen LogP contribution >= 0.6 is 0 Å². The van der Waals surface area contributed by atoms with Gasteiger partial charge in [-0.05, 0) is 18.9 Å². The minimum absolute atomic E-state index is 0.579. The van der Waals surface area contributed by atoms with E-state index in [1.807, 2.05) is 6.07 Å². The van der Waals surface area contributed by atoms with Gasteiger partial charge in [-0.3, -0.25) is 4.90 Å². The summed E-state index contributed by atoms with van der Waals surface area (Å²) in [5.74, 6) is 1.74. The fourth-order valence-electron chi connectivity index (χ4n) is 2.26. The molecule has 0 fully saturated rings. The van der Waals surface area contributed by atoms with Crippen molar-refractivity contribution in [3.63, 3.8) is 0 Å². The molecule has 0 radical (unpaired) electrons. The van der Waals surface area contributed by atoms with Crippen molar-refractivity contribution < 1.29 is 4.74 Å². The van der Waals surface area contributed by atoms with Crippen molar-refractivity contribution in [1.29, 1.82) is 0 Å². The maximum atomic E-state index is 5.78. The summed E-state index contributed by atoms with van der Waals surface area (Å²) in [6, 6.07) is 8.94. The van der Waals surface area contributed by atoms with Crippen LogP contribution in [0.5, 0.6) is 5.75 Å². The van der Waals surface area contributed by atoms with Crippen LogP contribution < -0.4 is 10.1 Å². The quantitative estimate of drug-likeness (QED) is 0.882. The molecule has 0 aromatic heterocycles. The second kappa shape index (κ2) is 6.92. The molecule has 0 bridgehead atoms. The summed E-state index contributed by atoms with van der Waals surface area (Å²) in [4.78, 5) is 2.46. The molecule has 19 heavy (non-hydrogen) atoms. The number of para-hydroxylation sites is 1. The molecule has 3 heteroatoms. The summed E-state index contributed by atoms with van der Waals surface area (Å²) in [5, 5.41) is 3.59. The highest BCUT2D eigenvalue weighted by atomic mass is 16.5. The average Bonchev–Trinajstić information content (AvgIpc) is 2.60. The molecule has 1 N–H and O–H groups in total. The van der Waals surface area contributed by atoms with E-state index in [2.05, 4.69) is 49.2 Å². The van der Waals surface area contributed by atoms with Gasteiger partial charge in [-0.25, -0.2) is 0 Å². The van der Waals surface area contributed by atoms with Gasteiger partial charge < -0.3 is 10.1 Å². The Kier molecular flexibility index (Phi) is 5.23. The van der Waals surface area contributed by atoms with Gasteiger partial charge >= 0.3 is 0 Å². The summed E-state index contributed by atoms with van der Waals surface area (Å²) in [6.07, 6.45) is 0. The van der Waals surface area contributed by atoms with Crippen LogP contribution in [0.25, 0.3) is 0 Å². The summed E-state index contributed by atoms with van der Waals surface area (Å²) in [7, 11) is 0. The molecule has 0 amide bonds. The summed E-state index contributed by atoms with van der Waals surface area (Å²) in [5.41, 5.74) is 1.30. The summed E-state index contributed by atoms with van der Waals surface area (Å²) < 4.78 is 5.78. The minimum Gasteiger partial charge on any atom is -0.492 e. The van der Waals surface area contributed by atoms with Gasteiger partial charge in [-0.15, -0.1) is 0 Å². The van der Waals surface area contributed by atoms with Crippen LogP contribution in [0.1, 0.15) is 26.3 Å². The Morgan fingerprint density at radius 1 is 1.26 bits per heavy atom. The smallest absolute Gasteiger partial charge is 0.123 e. The average molecular weight is 262 g/mol. The predicted octanol–water partition coefficient (Wildman–Crippen LogP) is 2.52. The van der Waals surface area contributed by atoms with E-state index in [9.17, 15) is 0 Å². The first-order chi connectivity index (χ1) is 9.16. The van der Waals surface area contributed by atoms with E-state index in [-0.39, 0.29) is 0 Å². The third-order valence-electron chi connectivity index (χ3n) is 3.93. The fourth-order valence-corrected chi connectivity index (χ4v) is 2.26. The molecule has 3 nitrogen and oxygen atoms in total. The molecule has 106 valence electrons. The monoisotopic (exact) mass is 262 g/mol. The Morgan fingerprint density at radius 2 is 2.05 bits per heavy atom. The number of hydrogen-bond acceptors (Lipinski definition) is 3. The maximum Gasteiger partial charge on any atom is 0.123 e. The molecular weight excluding hydrogens is 236 g/mol. The molecule has 0 spiro atoms. The molecule has 1 aromatic rings. The standard InChI is InChI=1S/C16H26N2O/c1-13(2)14(3)17-8-9-18-10-11-19-16-7-5-4-6-15(16)12-18/h4-7,13-14,17H,8-12H2,1-3H3. The van der Waals surface area contributed by atoms with Crippen molar-refractivity contribution in [2.45, 2.75) is 33.4 Å². The molecule has 1 unspecified atom stereocenters. The number of nitrogens with one attached hydrogen (secondary N) is 1. The molecular formula is C16H26N2O. The zero-order valence-electron chi connectivity index (χ0n) is 12.4. The normalized spacial score (nSPS) is 17.7. The third-order valence-corrected chi connectivity index (χ3v) is 3.93. The van der Waals surface area contributed by atoms with Crippen LogP contribution in [0.15, 0.2) is 24.3 Å². The zero-order valence-corrected chi connectivity index (χ0v) is 12.4. The van der Waals surface area contributed by atoms with Gasteiger partial charge in [0.2, 0.25) is 0 Å². The van der Waals surface area contributed by atoms with Crippen molar-refractivity contribution in [3.8, 4) is 5.75 Å². The van der Waals surface area contributed by atoms with E-state index in [0.29, 0.717) is 12.0 Å². The van der Waals surface area contributed by atoms with E-state index in [4.69, 9.17) is 4.74 Å². The molecule has 1 heterocycles. The van der Waals surface area contributed by atoms with Crippen molar-refractivity contribution >= 4 is 0 Å². The molecule has 1 atom stereocenters. The first-order valence-corrected chi connectivity index (χ1v) is 7.33. The zero-order chi connectivity index (χ0) is 13.7. The highest BCUT2D eigenvalue weighted by molar-refractivity contribution is 5.33. The Balaban J connectivity index is 1.82. The third kappa shape index (κ3) is 4.22. The van der Waals surface area contributed by atoms with Crippen molar-refractivity contribution in [2.24, 2.45) is 5.92 Å². The van der Waals surface area contributed by atoms with Crippen molar-refractivity contribution in [1.82, 2.24) is 10.2 Å². The van der Waals surface area contributed by atoms with E-state index in [1.54, 1.807) is 0 Å². The van der Waals surface area contributed by atoms with Crippen LogP contribution in [0.3, 0.4) is 0 Å². The second-order valence-electron chi connectivity index (χ2n) is 5.72. The number of hydrogen-bond donors (Lipinski definition) is 1. The second-order valence-corrected chi connectivity index (χ2v) is 5.72. The fraction of sp³-hybridized carbons (Fsp3) is 0.625. The maximum absolute atomic E-state index is 5.78. The first kappa shape index (κ1) is 14.4. The SMILES string of the molecule is CC(C)C(C)NCCN1CCOc2ccccc2C1. The summed E-state index contributed by atoms with van der Waals surface area (Å²) >= 11 is 0. The van der Waals surface area contributed by atoms with Gasteiger partial charge in [0, 0.05) is 37.8 Å². The van der Waals surface area contributed by atoms with Crippen molar-refractivity contribution in [3.05, 3.63) is 29.8 Å². The Bertz CT molecular complexity index is 392. The van der Waals surface area contributed by atoms with Crippen LogP contribution in [-0.4, -0.2) is 37.2 Å². The highest BCUT2D eigenvalue weighted by Gasteiger charge is 2.14. The molecule has 1 aliphatic rings. The molecule has 2 rings (SSSR count). The highest BCUT2D eigenvalue weighted by Crippen LogP contribution is 2.21. The Morgan fingerprint density at radius 3 is 2.84 bits per heavy atom. The van der Waals surface area contributed by atoms with Crippen LogP contribution in [0, 0.1) is 5.92 Å². The van der Waals surface area contributed by atoms with Crippen molar-refractivity contribution in [2.75, 3.05) is 26.2 Å². The van der Waals surface area contributed by atoms with E-state index in [0.717, 1.165) is 38.5 Å². The number of benzene rings is 1. The van der Waals surface area contributed by atoms with Gasteiger partial charge in [0.25, 0.3) is 0 Å². The number of ether oxygens (including phenoxy) is 1. The first-order valence-electron chi connectivity index (χ1n) is 7.33. The number of rotatable bonds is 5. The predicted molar refractivity (Wildman–Crippen MR) is 79.5 cm³/mol. The summed E-state index contributed by atoms with van der Waals surface area (Å²) in [6.45, 7) is 11.7. The lowest BCUT2D eigenvalue weighted by Gasteiger charge is -2.22. The molecule has 0 aliphatic carbocycles. The lowest BCUT2D eigenvalue weighted by Crippen LogP contribution is -2.38. The van der Waals surface area contributed by atoms with Gasteiger partial charge in [0.15, 0.2) is 0 Å². The van der Waals surface area contributed by atoms with Gasteiger partial charge in [-0.1, -0.05) is 32.0 Å². The molecule has 1 aliphatic heterocycles. The van der Waals surface area contributed by atoms with Crippen LogP contribution in [0.2, 0.25) is 0 Å². The van der Waals surface area contributed by atoms with Gasteiger partial charge in [0.05, 0.1) is 0 Å². The number of fused-ring (bicyclic) bond motifs is 1. The molecule has 1 aromatic carbocycles. The van der Waals surface area contributed by atoms with E-state index < -0.39 is 0 Å². The molecule has 0 saturated heterocycles. The Hall–Kier alpha value is -1.06. The van der Waals surface area contributed by atoms with Gasteiger partial charge in [-0.2, -0.15) is 0 Å². The van der Waals surface area contributed by atoms with E-state index in [1.165, 1.54) is 5.56 Å². The van der Waals surface area contributed by atoms with Crippen LogP contribution in [0.4, 0.5) is 0 Å². The topological polar surface area (TPSA) is 24.5 Å². The van der Waals surface area contributed by atoms with Gasteiger partial charge in [0.1, 0.15) is 12.4 Å². The Labute approximate surface area is 116 Å². The van der Waals surface area contributed by atoms with Crippen LogP contribution in [-0.2, 0) is 6.54 Å². The number of nitrogens with zero attached hydrogens (tertiary/aromatic N) is 1. The lowest BCUT2D eigenvalue weighted by molar-refractivity contribution is 0.222. The molecule has 0 saturated carbocycles. The lowest BCUT2D eigenvalue weighted by atomic mass is 10.1.